The van der Waals surface area contributed by atoms with Crippen molar-refractivity contribution in [2.75, 3.05) is 0 Å². The molecule has 0 aliphatic carbocycles. The van der Waals surface area contributed by atoms with Gasteiger partial charge in [-0.05, 0) is 18.1 Å². The van der Waals surface area contributed by atoms with Crippen LogP contribution in [-0.4, -0.2) is 17.2 Å². The number of alkyl halides is 1. The smallest absolute Gasteiger partial charge is 0.150 e. The van der Waals surface area contributed by atoms with Gasteiger partial charge in [0, 0.05) is 5.56 Å². The largest absolute Gasteiger partial charge is 0.392 e. The fourth-order valence-electron chi connectivity index (χ4n) is 1.39. The molecule has 1 aromatic rings. The molecule has 0 heterocycles. The van der Waals surface area contributed by atoms with Crippen molar-refractivity contribution < 1.29 is 14.7 Å². The fraction of sp³-hybridized carbons (Fsp3) is 0.273. The van der Waals surface area contributed by atoms with Crippen LogP contribution in [0.3, 0.4) is 0 Å². The molecule has 0 saturated carbocycles. The van der Waals surface area contributed by atoms with Crippen LogP contribution in [0.2, 0.25) is 0 Å². The minimum atomic E-state index is -0.541. The van der Waals surface area contributed by atoms with Gasteiger partial charge in [-0.1, -0.05) is 34.1 Å². The maximum Gasteiger partial charge on any atom is 0.150 e. The summed E-state index contributed by atoms with van der Waals surface area (Å²) < 4.78 is 0. The molecule has 0 amide bonds. The van der Waals surface area contributed by atoms with E-state index in [4.69, 9.17) is 5.11 Å². The van der Waals surface area contributed by atoms with Crippen LogP contribution in [0.25, 0.3) is 0 Å². The van der Waals surface area contributed by atoms with Gasteiger partial charge in [-0.2, -0.15) is 0 Å². The molecule has 1 atom stereocenters. The van der Waals surface area contributed by atoms with Crippen molar-refractivity contribution in [1.82, 2.24) is 0 Å². The molecule has 0 radical (unpaired) electrons. The van der Waals surface area contributed by atoms with Crippen LogP contribution in [0.15, 0.2) is 18.2 Å². The number of halogens is 1. The molecular formula is C11H11BrO3. The summed E-state index contributed by atoms with van der Waals surface area (Å²) in [4.78, 5) is 21.5. The normalized spacial score (nSPS) is 12.2. The molecule has 0 fully saturated rings. The third-order valence-electron chi connectivity index (χ3n) is 2.14. The summed E-state index contributed by atoms with van der Waals surface area (Å²) in [6.45, 7) is 1.24. The van der Waals surface area contributed by atoms with E-state index in [-0.39, 0.29) is 12.4 Å². The molecule has 0 aliphatic rings. The summed E-state index contributed by atoms with van der Waals surface area (Å²) >= 11 is 3.21. The van der Waals surface area contributed by atoms with Crippen molar-refractivity contribution in [2.45, 2.75) is 18.4 Å². The van der Waals surface area contributed by atoms with Crippen LogP contribution < -0.4 is 0 Å². The van der Waals surface area contributed by atoms with Gasteiger partial charge in [0.05, 0.1) is 11.4 Å². The number of rotatable bonds is 4. The van der Waals surface area contributed by atoms with E-state index in [1.807, 2.05) is 0 Å². The second-order valence-corrected chi connectivity index (χ2v) is 4.08. The molecule has 15 heavy (non-hydrogen) atoms. The first kappa shape index (κ1) is 12.1. The van der Waals surface area contributed by atoms with E-state index in [0.29, 0.717) is 23.0 Å². The lowest BCUT2D eigenvalue weighted by atomic mass is 9.97. The Bertz CT molecular complexity index is 387. The number of aldehydes is 1. The highest BCUT2D eigenvalue weighted by Crippen LogP contribution is 2.29. The third-order valence-corrected chi connectivity index (χ3v) is 3.24. The van der Waals surface area contributed by atoms with Crippen LogP contribution in [-0.2, 0) is 11.4 Å². The van der Waals surface area contributed by atoms with Crippen molar-refractivity contribution in [3.05, 3.63) is 34.9 Å². The first-order valence-electron chi connectivity index (χ1n) is 4.44. The second-order valence-electron chi connectivity index (χ2n) is 3.17. The maximum atomic E-state index is 11.2. The number of hydrogen-bond donors (Lipinski definition) is 1. The van der Waals surface area contributed by atoms with Crippen molar-refractivity contribution in [2.24, 2.45) is 0 Å². The third kappa shape index (κ3) is 2.52. The summed E-state index contributed by atoms with van der Waals surface area (Å²) in [5.74, 6) is -0.0981. The molecule has 1 aromatic carbocycles. The molecular weight excluding hydrogens is 260 g/mol. The van der Waals surface area contributed by atoms with E-state index in [1.54, 1.807) is 18.2 Å². The monoisotopic (exact) mass is 270 g/mol. The highest BCUT2D eigenvalue weighted by Gasteiger charge is 2.19. The molecule has 0 bridgehead atoms. The Labute approximate surface area is 96.2 Å². The summed E-state index contributed by atoms with van der Waals surface area (Å²) in [5, 5.41) is 9.12. The quantitative estimate of drug-likeness (QED) is 0.673. The Hall–Kier alpha value is -1.00. The molecule has 0 aliphatic heterocycles. The maximum absolute atomic E-state index is 11.2. The van der Waals surface area contributed by atoms with Gasteiger partial charge < -0.3 is 5.11 Å². The number of benzene rings is 1. The minimum absolute atomic E-state index is 0.0981. The molecule has 0 saturated heterocycles. The molecule has 1 unspecified atom stereocenters. The summed E-state index contributed by atoms with van der Waals surface area (Å²) in [5.41, 5.74) is 1.58. The zero-order valence-electron chi connectivity index (χ0n) is 8.24. The molecule has 4 heteroatoms. The van der Waals surface area contributed by atoms with Crippen molar-refractivity contribution in [1.29, 1.82) is 0 Å². The molecule has 0 aromatic heterocycles. The van der Waals surface area contributed by atoms with Gasteiger partial charge in [-0.3, -0.25) is 9.59 Å². The molecule has 80 valence electrons. The van der Waals surface area contributed by atoms with Crippen LogP contribution in [0.4, 0.5) is 0 Å². The Morgan fingerprint density at radius 1 is 1.60 bits per heavy atom. The van der Waals surface area contributed by atoms with Crippen LogP contribution in [0.5, 0.6) is 0 Å². The van der Waals surface area contributed by atoms with Crippen LogP contribution >= 0.6 is 15.9 Å². The first-order chi connectivity index (χ1) is 7.11. The number of carbonyl (C=O) groups excluding carboxylic acids is 2. The summed E-state index contributed by atoms with van der Waals surface area (Å²) in [7, 11) is 0. The number of aliphatic hydroxyl groups is 1. The average Bonchev–Trinajstić information content (AvgIpc) is 2.26. The Balaban J connectivity index is 3.33. The number of Topliss-reactive ketones (excluding diaryl/α,β-unsaturated/α-hetero) is 1. The van der Waals surface area contributed by atoms with Crippen molar-refractivity contribution >= 4 is 28.0 Å². The Kier molecular flexibility index (Phi) is 4.17. The van der Waals surface area contributed by atoms with Crippen molar-refractivity contribution in [3.63, 3.8) is 0 Å². The highest BCUT2D eigenvalue weighted by molar-refractivity contribution is 9.09. The van der Waals surface area contributed by atoms with Crippen LogP contribution in [0, 0.1) is 0 Å². The van der Waals surface area contributed by atoms with Crippen LogP contribution in [0.1, 0.15) is 33.2 Å². The zero-order valence-corrected chi connectivity index (χ0v) is 9.82. The van der Waals surface area contributed by atoms with Gasteiger partial charge in [0.25, 0.3) is 0 Å². The Morgan fingerprint density at radius 3 is 2.73 bits per heavy atom. The van der Waals surface area contributed by atoms with E-state index in [0.717, 1.165) is 0 Å². The van der Waals surface area contributed by atoms with E-state index >= 15 is 0 Å². The first-order valence-corrected chi connectivity index (χ1v) is 5.35. The minimum Gasteiger partial charge on any atom is -0.392 e. The van der Waals surface area contributed by atoms with Gasteiger partial charge >= 0.3 is 0 Å². The summed E-state index contributed by atoms with van der Waals surface area (Å²) in [6, 6.07) is 5.00. The molecule has 1 rings (SSSR count). The average molecular weight is 271 g/mol. The lowest BCUT2D eigenvalue weighted by Gasteiger charge is -2.13. The highest BCUT2D eigenvalue weighted by atomic mass is 79.9. The van der Waals surface area contributed by atoms with E-state index in [2.05, 4.69) is 15.9 Å². The molecule has 1 N–H and O–H groups in total. The van der Waals surface area contributed by atoms with Gasteiger partial charge in [0.15, 0.2) is 0 Å². The molecule has 3 nitrogen and oxygen atoms in total. The number of hydrogen-bond acceptors (Lipinski definition) is 3. The van der Waals surface area contributed by atoms with E-state index < -0.39 is 4.83 Å². The van der Waals surface area contributed by atoms with Gasteiger partial charge in [-0.15, -0.1) is 0 Å². The predicted molar refractivity (Wildman–Crippen MR) is 60.1 cm³/mol. The lowest BCUT2D eigenvalue weighted by Crippen LogP contribution is -2.08. The lowest BCUT2D eigenvalue weighted by molar-refractivity contribution is -0.116. The standard InChI is InChI=1S/C11H11BrO3/c1-7(15)11(12)10-8(5-13)3-2-4-9(10)6-14/h2-5,11,14H,6H2,1H3. The SMILES string of the molecule is CC(=O)C(Br)c1c(C=O)cccc1CO. The predicted octanol–water partition coefficient (Wildman–Crippen LogP) is 2.02. The topological polar surface area (TPSA) is 54.4 Å². The summed E-state index contributed by atoms with van der Waals surface area (Å²) in [6.07, 6.45) is 0.686. The van der Waals surface area contributed by atoms with Crippen molar-refractivity contribution in [3.8, 4) is 0 Å². The number of aliphatic hydroxyl groups excluding tert-OH is 1. The Morgan fingerprint density at radius 2 is 2.27 bits per heavy atom. The van der Waals surface area contributed by atoms with E-state index in [1.165, 1.54) is 6.92 Å². The van der Waals surface area contributed by atoms with E-state index in [9.17, 15) is 9.59 Å². The van der Waals surface area contributed by atoms with Gasteiger partial charge in [-0.25, -0.2) is 0 Å². The number of ketones is 1. The molecule has 0 spiro atoms. The van der Waals surface area contributed by atoms with Gasteiger partial charge in [0.2, 0.25) is 0 Å². The second kappa shape index (κ2) is 5.19. The zero-order chi connectivity index (χ0) is 11.4. The fourth-order valence-corrected chi connectivity index (χ4v) is 1.94. The number of carbonyl (C=O) groups is 2. The van der Waals surface area contributed by atoms with Gasteiger partial charge in [0.1, 0.15) is 12.1 Å².